The van der Waals surface area contributed by atoms with E-state index in [9.17, 15) is 9.59 Å². The van der Waals surface area contributed by atoms with Crippen molar-refractivity contribution in [1.82, 2.24) is 4.90 Å². The van der Waals surface area contributed by atoms with E-state index in [0.717, 1.165) is 12.0 Å². The van der Waals surface area contributed by atoms with Gasteiger partial charge in [-0.2, -0.15) is 0 Å². The van der Waals surface area contributed by atoms with Crippen LogP contribution in [-0.2, 0) is 4.79 Å². The zero-order valence-electron chi connectivity index (χ0n) is 11.8. The van der Waals surface area contributed by atoms with Gasteiger partial charge in [0, 0.05) is 18.7 Å². The average Bonchev–Trinajstić information content (AvgIpc) is 2.46. The van der Waals surface area contributed by atoms with Crippen LogP contribution in [0.15, 0.2) is 18.2 Å². The van der Waals surface area contributed by atoms with Gasteiger partial charge in [-0.1, -0.05) is 0 Å². The number of piperidine rings is 1. The van der Waals surface area contributed by atoms with Crippen molar-refractivity contribution in [2.24, 2.45) is 5.92 Å². The Kier molecular flexibility index (Phi) is 4.27. The number of ether oxygens (including phenoxy) is 1. The van der Waals surface area contributed by atoms with Gasteiger partial charge in [0.05, 0.1) is 13.0 Å². The summed E-state index contributed by atoms with van der Waals surface area (Å²) in [6, 6.07) is 5.30. The lowest BCUT2D eigenvalue weighted by atomic mass is 9.97. The third-order valence-electron chi connectivity index (χ3n) is 3.72. The molecule has 0 aliphatic carbocycles. The zero-order valence-corrected chi connectivity index (χ0v) is 11.8. The standard InChI is InChI=1S/C15H19NO4/c1-10-8-12(20-2)5-6-13(10)14(17)16-7-3-4-11(9-16)15(18)19/h5-6,8,11H,3-4,7,9H2,1-2H3,(H,18,19)/t11-/m0/s1. The minimum absolute atomic E-state index is 0.101. The van der Waals surface area contributed by atoms with Crippen molar-refractivity contribution < 1.29 is 19.4 Å². The van der Waals surface area contributed by atoms with Gasteiger partial charge in [0.25, 0.3) is 5.91 Å². The molecule has 1 aliphatic heterocycles. The molecule has 1 heterocycles. The smallest absolute Gasteiger partial charge is 0.308 e. The van der Waals surface area contributed by atoms with Gasteiger partial charge < -0.3 is 14.7 Å². The number of hydrogen-bond acceptors (Lipinski definition) is 3. The highest BCUT2D eigenvalue weighted by Crippen LogP contribution is 2.22. The Labute approximate surface area is 118 Å². The number of nitrogens with zero attached hydrogens (tertiary/aromatic N) is 1. The van der Waals surface area contributed by atoms with Gasteiger partial charge in [-0.3, -0.25) is 9.59 Å². The monoisotopic (exact) mass is 277 g/mol. The zero-order chi connectivity index (χ0) is 14.7. The Hall–Kier alpha value is -2.04. The number of amides is 1. The first-order valence-electron chi connectivity index (χ1n) is 6.69. The lowest BCUT2D eigenvalue weighted by Gasteiger charge is -2.31. The van der Waals surface area contributed by atoms with Gasteiger partial charge in [0.2, 0.25) is 0 Å². The lowest BCUT2D eigenvalue weighted by Crippen LogP contribution is -2.42. The third kappa shape index (κ3) is 2.92. The molecule has 20 heavy (non-hydrogen) atoms. The minimum Gasteiger partial charge on any atom is -0.497 e. The molecule has 1 fully saturated rings. The summed E-state index contributed by atoms with van der Waals surface area (Å²) >= 11 is 0. The molecule has 0 bridgehead atoms. The summed E-state index contributed by atoms with van der Waals surface area (Å²) in [5, 5.41) is 9.08. The summed E-state index contributed by atoms with van der Waals surface area (Å²) in [6.45, 7) is 2.77. The van der Waals surface area contributed by atoms with Crippen LogP contribution in [0.4, 0.5) is 0 Å². The maximum Gasteiger partial charge on any atom is 0.308 e. The second-order valence-corrected chi connectivity index (χ2v) is 5.11. The maximum atomic E-state index is 12.5. The van der Waals surface area contributed by atoms with Crippen LogP contribution in [0.5, 0.6) is 5.75 Å². The number of carboxylic acid groups (broad SMARTS) is 1. The van der Waals surface area contributed by atoms with Crippen LogP contribution in [0.3, 0.4) is 0 Å². The number of methoxy groups -OCH3 is 1. The number of carbonyl (C=O) groups is 2. The molecule has 1 saturated heterocycles. The summed E-state index contributed by atoms with van der Waals surface area (Å²) in [4.78, 5) is 25.2. The Morgan fingerprint density at radius 1 is 1.40 bits per heavy atom. The molecule has 0 spiro atoms. The van der Waals surface area contributed by atoms with Gasteiger partial charge in [0.1, 0.15) is 5.75 Å². The molecule has 2 rings (SSSR count). The topological polar surface area (TPSA) is 66.8 Å². The van der Waals surface area contributed by atoms with Crippen molar-refractivity contribution in [2.75, 3.05) is 20.2 Å². The summed E-state index contributed by atoms with van der Waals surface area (Å²) in [6.07, 6.45) is 1.37. The highest BCUT2D eigenvalue weighted by molar-refractivity contribution is 5.96. The van der Waals surface area contributed by atoms with E-state index in [2.05, 4.69) is 0 Å². The number of benzene rings is 1. The van der Waals surface area contributed by atoms with Crippen LogP contribution in [0.2, 0.25) is 0 Å². The van der Waals surface area contributed by atoms with Crippen molar-refractivity contribution in [3.63, 3.8) is 0 Å². The predicted octanol–water partition coefficient (Wildman–Crippen LogP) is 1.94. The van der Waals surface area contributed by atoms with Crippen LogP contribution in [-0.4, -0.2) is 42.1 Å². The van der Waals surface area contributed by atoms with E-state index in [-0.39, 0.29) is 5.91 Å². The lowest BCUT2D eigenvalue weighted by molar-refractivity contribution is -0.143. The van der Waals surface area contributed by atoms with Crippen molar-refractivity contribution in [3.05, 3.63) is 29.3 Å². The largest absolute Gasteiger partial charge is 0.497 e. The molecule has 1 atom stereocenters. The summed E-state index contributed by atoms with van der Waals surface area (Å²) in [5.41, 5.74) is 1.45. The fourth-order valence-corrected chi connectivity index (χ4v) is 2.54. The Bertz CT molecular complexity index is 527. The summed E-state index contributed by atoms with van der Waals surface area (Å²) < 4.78 is 5.12. The van der Waals surface area contributed by atoms with Crippen molar-refractivity contribution >= 4 is 11.9 Å². The molecule has 0 unspecified atom stereocenters. The molecule has 1 amide bonds. The Morgan fingerprint density at radius 3 is 2.75 bits per heavy atom. The van der Waals surface area contributed by atoms with E-state index < -0.39 is 11.9 Å². The van der Waals surface area contributed by atoms with Gasteiger partial charge in [0.15, 0.2) is 0 Å². The molecule has 1 aliphatic rings. The van der Waals surface area contributed by atoms with Crippen molar-refractivity contribution in [2.45, 2.75) is 19.8 Å². The fraction of sp³-hybridized carbons (Fsp3) is 0.467. The molecule has 108 valence electrons. The van der Waals surface area contributed by atoms with Gasteiger partial charge >= 0.3 is 5.97 Å². The maximum absolute atomic E-state index is 12.5. The van der Waals surface area contributed by atoms with E-state index in [1.165, 1.54) is 0 Å². The predicted molar refractivity (Wildman–Crippen MR) is 74.0 cm³/mol. The number of aryl methyl sites for hydroxylation is 1. The van der Waals surface area contributed by atoms with Gasteiger partial charge in [-0.05, 0) is 43.5 Å². The van der Waals surface area contributed by atoms with Crippen LogP contribution >= 0.6 is 0 Å². The molecule has 0 saturated carbocycles. The van der Waals surface area contributed by atoms with E-state index in [1.807, 2.05) is 13.0 Å². The number of hydrogen-bond donors (Lipinski definition) is 1. The molecule has 5 nitrogen and oxygen atoms in total. The van der Waals surface area contributed by atoms with Crippen LogP contribution in [0, 0.1) is 12.8 Å². The summed E-state index contributed by atoms with van der Waals surface area (Å²) in [5.74, 6) is -0.669. The second-order valence-electron chi connectivity index (χ2n) is 5.11. The SMILES string of the molecule is COc1ccc(C(=O)N2CCC[C@H](C(=O)O)C2)c(C)c1. The van der Waals surface area contributed by atoms with E-state index in [1.54, 1.807) is 24.1 Å². The summed E-state index contributed by atoms with van der Waals surface area (Å²) in [7, 11) is 1.58. The van der Waals surface area contributed by atoms with Crippen molar-refractivity contribution in [3.8, 4) is 5.75 Å². The van der Waals surface area contributed by atoms with E-state index in [4.69, 9.17) is 9.84 Å². The minimum atomic E-state index is -0.825. The van der Waals surface area contributed by atoms with Gasteiger partial charge in [-0.15, -0.1) is 0 Å². The Morgan fingerprint density at radius 2 is 2.15 bits per heavy atom. The molecular formula is C15H19NO4. The quantitative estimate of drug-likeness (QED) is 0.917. The second kappa shape index (κ2) is 5.94. The third-order valence-corrected chi connectivity index (χ3v) is 3.72. The highest BCUT2D eigenvalue weighted by Gasteiger charge is 2.29. The molecule has 1 aromatic rings. The molecular weight excluding hydrogens is 258 g/mol. The van der Waals surface area contributed by atoms with Gasteiger partial charge in [-0.25, -0.2) is 0 Å². The fourth-order valence-electron chi connectivity index (χ4n) is 2.54. The molecule has 1 aromatic carbocycles. The molecule has 1 N–H and O–H groups in total. The molecule has 5 heteroatoms. The van der Waals surface area contributed by atoms with Crippen molar-refractivity contribution in [1.29, 1.82) is 0 Å². The number of carboxylic acids is 1. The normalized spacial score (nSPS) is 18.7. The molecule has 0 radical (unpaired) electrons. The van der Waals surface area contributed by atoms with Crippen LogP contribution in [0.1, 0.15) is 28.8 Å². The van der Waals surface area contributed by atoms with Crippen LogP contribution < -0.4 is 4.74 Å². The first-order valence-corrected chi connectivity index (χ1v) is 6.69. The first kappa shape index (κ1) is 14.4. The van der Waals surface area contributed by atoms with Crippen LogP contribution in [0.25, 0.3) is 0 Å². The average molecular weight is 277 g/mol. The number of aliphatic carboxylic acids is 1. The highest BCUT2D eigenvalue weighted by atomic mass is 16.5. The number of carbonyl (C=O) groups excluding carboxylic acids is 1. The number of likely N-dealkylation sites (tertiary alicyclic amines) is 1. The first-order chi connectivity index (χ1) is 9.52. The molecule has 0 aromatic heterocycles. The number of rotatable bonds is 3. The van der Waals surface area contributed by atoms with E-state index in [0.29, 0.717) is 30.8 Å². The van der Waals surface area contributed by atoms with E-state index >= 15 is 0 Å². The Balaban J connectivity index is 2.16.